The monoisotopic (exact) mass is 388 g/mol. The molecule has 0 atom stereocenters. The quantitative estimate of drug-likeness (QED) is 0.695. The van der Waals surface area contributed by atoms with Crippen LogP contribution in [0.5, 0.6) is 17.2 Å². The maximum absolute atomic E-state index is 12.2. The summed E-state index contributed by atoms with van der Waals surface area (Å²) in [6, 6.07) is 9.48. The average molecular weight is 389 g/mol. The topological polar surface area (TPSA) is 51.8 Å². The molecule has 0 saturated carbocycles. The van der Waals surface area contributed by atoms with Gasteiger partial charge >= 0.3 is 6.61 Å². The van der Waals surface area contributed by atoms with E-state index in [-0.39, 0.29) is 15.9 Å². The molecule has 0 aliphatic heterocycles. The maximum atomic E-state index is 12.2. The molecule has 0 spiro atoms. The third-order valence-corrected chi connectivity index (χ3v) is 3.56. The van der Waals surface area contributed by atoms with Crippen LogP contribution in [0.2, 0.25) is 5.02 Å². The summed E-state index contributed by atoms with van der Waals surface area (Å²) in [5, 5.41) is 6.17. The Morgan fingerprint density at radius 3 is 2.40 bits per heavy atom. The maximum Gasteiger partial charge on any atom is 0.387 e. The zero-order valence-electron chi connectivity index (χ0n) is 13.3. The highest BCUT2D eigenvalue weighted by atomic mass is 35.5. The predicted octanol–water partition coefficient (Wildman–Crippen LogP) is 4.77. The van der Waals surface area contributed by atoms with Gasteiger partial charge in [0.2, 0.25) is 0 Å². The second-order valence-electron chi connectivity index (χ2n) is 4.67. The van der Waals surface area contributed by atoms with Crippen molar-refractivity contribution in [2.45, 2.75) is 6.61 Å². The molecule has 0 heterocycles. The van der Waals surface area contributed by atoms with Crippen LogP contribution in [0.4, 0.5) is 20.2 Å². The fourth-order valence-corrected chi connectivity index (χ4v) is 2.41. The summed E-state index contributed by atoms with van der Waals surface area (Å²) in [5.74, 6) is 1.07. The number of ether oxygens (including phenoxy) is 3. The number of anilines is 2. The van der Waals surface area contributed by atoms with Gasteiger partial charge in [0.15, 0.2) is 5.11 Å². The zero-order valence-corrected chi connectivity index (χ0v) is 14.9. The minimum absolute atomic E-state index is 0.0372. The Labute approximate surface area is 153 Å². The number of thiocarbonyl (C=S) groups is 1. The SMILES string of the molecule is COc1ccc(NC(=S)Nc2ccc(OC(F)F)c(Cl)c2)c(OC)c1. The normalized spacial score (nSPS) is 10.3. The standard InChI is InChI=1S/C16H15ClF2N2O3S/c1-22-10-4-5-12(14(8-10)23-2)21-16(25)20-9-3-6-13(11(17)7-9)24-15(18)19/h3-8,15H,1-2H3,(H2,20,21,25). The number of hydrogen-bond donors (Lipinski definition) is 2. The Morgan fingerprint density at radius 2 is 1.80 bits per heavy atom. The summed E-state index contributed by atoms with van der Waals surface area (Å²) >= 11 is 11.1. The van der Waals surface area contributed by atoms with Crippen LogP contribution in [-0.4, -0.2) is 25.9 Å². The Balaban J connectivity index is 2.06. The largest absolute Gasteiger partial charge is 0.497 e. The van der Waals surface area contributed by atoms with Crippen LogP contribution in [0, 0.1) is 0 Å². The summed E-state index contributed by atoms with van der Waals surface area (Å²) in [7, 11) is 3.08. The number of benzene rings is 2. The fraction of sp³-hybridized carbons (Fsp3) is 0.188. The molecule has 2 aromatic rings. The first-order chi connectivity index (χ1) is 11.9. The molecule has 0 aliphatic rings. The van der Waals surface area contributed by atoms with Crippen LogP contribution in [-0.2, 0) is 0 Å². The van der Waals surface area contributed by atoms with Crippen molar-refractivity contribution in [2.24, 2.45) is 0 Å². The van der Waals surface area contributed by atoms with Gasteiger partial charge in [-0.25, -0.2) is 0 Å². The molecular weight excluding hydrogens is 374 g/mol. The van der Waals surface area contributed by atoms with Gasteiger partial charge < -0.3 is 24.8 Å². The van der Waals surface area contributed by atoms with E-state index < -0.39 is 6.61 Å². The van der Waals surface area contributed by atoms with Crippen LogP contribution < -0.4 is 24.8 Å². The third-order valence-electron chi connectivity index (χ3n) is 3.06. The van der Waals surface area contributed by atoms with Gasteiger partial charge in [-0.05, 0) is 42.5 Å². The summed E-state index contributed by atoms with van der Waals surface area (Å²) in [6.07, 6.45) is 0. The molecule has 134 valence electrons. The van der Waals surface area contributed by atoms with E-state index in [2.05, 4.69) is 15.4 Å². The van der Waals surface area contributed by atoms with Crippen molar-refractivity contribution < 1.29 is 23.0 Å². The molecule has 5 nitrogen and oxygen atoms in total. The summed E-state index contributed by atoms with van der Waals surface area (Å²) in [6.45, 7) is -2.94. The molecule has 2 N–H and O–H groups in total. The van der Waals surface area contributed by atoms with Gasteiger partial charge in [-0.1, -0.05) is 11.6 Å². The summed E-state index contributed by atoms with van der Waals surface area (Å²) < 4.78 is 39.1. The first kappa shape index (κ1) is 19.0. The molecule has 0 fully saturated rings. The van der Waals surface area contributed by atoms with Gasteiger partial charge in [0.1, 0.15) is 17.2 Å². The van der Waals surface area contributed by atoms with Crippen molar-refractivity contribution in [1.29, 1.82) is 0 Å². The molecule has 0 saturated heterocycles. The number of alkyl halides is 2. The van der Waals surface area contributed by atoms with Gasteiger partial charge in [0.05, 0.1) is 24.9 Å². The van der Waals surface area contributed by atoms with Crippen molar-refractivity contribution >= 4 is 40.3 Å². The summed E-state index contributed by atoms with van der Waals surface area (Å²) in [4.78, 5) is 0. The second kappa shape index (κ2) is 8.68. The minimum Gasteiger partial charge on any atom is -0.497 e. The lowest BCUT2D eigenvalue weighted by molar-refractivity contribution is -0.0497. The lowest BCUT2D eigenvalue weighted by atomic mass is 10.2. The van der Waals surface area contributed by atoms with E-state index in [1.807, 2.05) is 0 Å². The van der Waals surface area contributed by atoms with E-state index in [0.717, 1.165) is 0 Å². The highest BCUT2D eigenvalue weighted by molar-refractivity contribution is 7.80. The molecule has 2 rings (SSSR count). The van der Waals surface area contributed by atoms with Crippen molar-refractivity contribution in [2.75, 3.05) is 24.9 Å². The number of hydrogen-bond acceptors (Lipinski definition) is 4. The Morgan fingerprint density at radius 1 is 1.04 bits per heavy atom. The highest BCUT2D eigenvalue weighted by Crippen LogP contribution is 2.30. The first-order valence-electron chi connectivity index (χ1n) is 6.97. The molecule has 0 radical (unpaired) electrons. The van der Waals surface area contributed by atoms with E-state index in [0.29, 0.717) is 22.9 Å². The number of halogens is 3. The number of rotatable bonds is 6. The van der Waals surface area contributed by atoms with Crippen LogP contribution in [0.15, 0.2) is 36.4 Å². The van der Waals surface area contributed by atoms with E-state index >= 15 is 0 Å². The van der Waals surface area contributed by atoms with Crippen LogP contribution in [0.25, 0.3) is 0 Å². The van der Waals surface area contributed by atoms with Crippen LogP contribution in [0.1, 0.15) is 0 Å². The van der Waals surface area contributed by atoms with E-state index in [1.165, 1.54) is 25.3 Å². The smallest absolute Gasteiger partial charge is 0.387 e. The number of methoxy groups -OCH3 is 2. The highest BCUT2D eigenvalue weighted by Gasteiger charge is 2.11. The lowest BCUT2D eigenvalue weighted by Crippen LogP contribution is -2.19. The van der Waals surface area contributed by atoms with Gasteiger partial charge in [0, 0.05) is 11.8 Å². The minimum atomic E-state index is -2.94. The predicted molar refractivity (Wildman–Crippen MR) is 97.5 cm³/mol. The third kappa shape index (κ3) is 5.33. The molecule has 9 heteroatoms. The van der Waals surface area contributed by atoms with Crippen molar-refractivity contribution in [3.63, 3.8) is 0 Å². The van der Waals surface area contributed by atoms with Crippen molar-refractivity contribution in [1.82, 2.24) is 0 Å². The van der Waals surface area contributed by atoms with Gasteiger partial charge in [0.25, 0.3) is 0 Å². The van der Waals surface area contributed by atoms with Crippen molar-refractivity contribution in [3.05, 3.63) is 41.4 Å². The second-order valence-corrected chi connectivity index (χ2v) is 5.48. The van der Waals surface area contributed by atoms with Gasteiger partial charge in [-0.3, -0.25) is 0 Å². The molecule has 0 aromatic heterocycles. The van der Waals surface area contributed by atoms with Gasteiger partial charge in [-0.15, -0.1) is 0 Å². The molecular formula is C16H15ClF2N2O3S. The molecule has 0 amide bonds. The van der Waals surface area contributed by atoms with Crippen molar-refractivity contribution in [3.8, 4) is 17.2 Å². The van der Waals surface area contributed by atoms with E-state index in [1.54, 1.807) is 25.3 Å². The first-order valence-corrected chi connectivity index (χ1v) is 7.76. The Hall–Kier alpha value is -2.32. The molecule has 2 aromatic carbocycles. The van der Waals surface area contributed by atoms with Crippen LogP contribution in [0.3, 0.4) is 0 Å². The zero-order chi connectivity index (χ0) is 18.4. The van der Waals surface area contributed by atoms with E-state index in [9.17, 15) is 8.78 Å². The summed E-state index contributed by atoms with van der Waals surface area (Å²) in [5.41, 5.74) is 1.14. The Kier molecular flexibility index (Phi) is 6.60. The van der Waals surface area contributed by atoms with Crippen LogP contribution >= 0.6 is 23.8 Å². The van der Waals surface area contributed by atoms with Gasteiger partial charge in [-0.2, -0.15) is 8.78 Å². The fourth-order valence-electron chi connectivity index (χ4n) is 1.96. The molecule has 0 unspecified atom stereocenters. The lowest BCUT2D eigenvalue weighted by Gasteiger charge is -2.15. The molecule has 25 heavy (non-hydrogen) atoms. The Bertz CT molecular complexity index is 762. The average Bonchev–Trinajstić information content (AvgIpc) is 2.57. The molecule has 0 bridgehead atoms. The number of nitrogens with one attached hydrogen (secondary N) is 2. The molecule has 0 aliphatic carbocycles. The van der Waals surface area contributed by atoms with E-state index in [4.69, 9.17) is 33.3 Å².